The van der Waals surface area contributed by atoms with Crippen LogP contribution in [0.2, 0.25) is 0 Å². The SMILES string of the molecule is Cc1cc(-c2cnc(CC3CCCN(C(C)C)C3)cn2)n[nH]1. The van der Waals surface area contributed by atoms with E-state index in [-0.39, 0.29) is 0 Å². The molecule has 1 aliphatic rings. The second kappa shape index (κ2) is 6.57. The number of hydrogen-bond donors (Lipinski definition) is 1. The molecule has 2 aromatic heterocycles. The predicted octanol–water partition coefficient (Wildman–Crippen LogP) is 2.84. The van der Waals surface area contributed by atoms with E-state index < -0.39 is 0 Å². The van der Waals surface area contributed by atoms with E-state index in [9.17, 15) is 0 Å². The van der Waals surface area contributed by atoms with Gasteiger partial charge < -0.3 is 4.90 Å². The molecule has 0 saturated carbocycles. The van der Waals surface area contributed by atoms with Crippen molar-refractivity contribution in [2.75, 3.05) is 13.1 Å². The maximum Gasteiger partial charge on any atom is 0.112 e. The maximum atomic E-state index is 4.59. The Kier molecular flexibility index (Phi) is 4.52. The van der Waals surface area contributed by atoms with E-state index in [1.165, 1.54) is 25.9 Å². The summed E-state index contributed by atoms with van der Waals surface area (Å²) in [5, 5.41) is 7.17. The van der Waals surface area contributed by atoms with Gasteiger partial charge in [0.05, 0.1) is 11.9 Å². The molecule has 0 radical (unpaired) electrons. The quantitative estimate of drug-likeness (QED) is 0.943. The number of aryl methyl sites for hydroxylation is 1. The highest BCUT2D eigenvalue weighted by Crippen LogP contribution is 2.22. The lowest BCUT2D eigenvalue weighted by Gasteiger charge is -2.35. The molecule has 0 bridgehead atoms. The normalized spacial score (nSPS) is 19.7. The summed E-state index contributed by atoms with van der Waals surface area (Å²) >= 11 is 0. The molecule has 1 N–H and O–H groups in total. The fourth-order valence-corrected chi connectivity index (χ4v) is 3.17. The number of rotatable bonds is 4. The van der Waals surface area contributed by atoms with Gasteiger partial charge in [-0.15, -0.1) is 0 Å². The largest absolute Gasteiger partial charge is 0.301 e. The van der Waals surface area contributed by atoms with Crippen molar-refractivity contribution in [3.8, 4) is 11.4 Å². The molecule has 5 nitrogen and oxygen atoms in total. The number of aromatic amines is 1. The van der Waals surface area contributed by atoms with Gasteiger partial charge in [0.1, 0.15) is 11.4 Å². The number of hydrogen-bond acceptors (Lipinski definition) is 4. The van der Waals surface area contributed by atoms with Crippen molar-refractivity contribution in [2.45, 2.75) is 46.1 Å². The van der Waals surface area contributed by atoms with Gasteiger partial charge in [-0.05, 0) is 58.6 Å². The Morgan fingerprint density at radius 2 is 2.14 bits per heavy atom. The lowest BCUT2D eigenvalue weighted by Crippen LogP contribution is -2.40. The Morgan fingerprint density at radius 1 is 1.27 bits per heavy atom. The molecular weight excluding hydrogens is 274 g/mol. The number of nitrogens with zero attached hydrogens (tertiary/aromatic N) is 4. The van der Waals surface area contributed by atoms with E-state index >= 15 is 0 Å². The summed E-state index contributed by atoms with van der Waals surface area (Å²) in [4.78, 5) is 11.7. The van der Waals surface area contributed by atoms with Gasteiger partial charge >= 0.3 is 0 Å². The van der Waals surface area contributed by atoms with Crippen molar-refractivity contribution in [1.82, 2.24) is 25.1 Å². The summed E-state index contributed by atoms with van der Waals surface area (Å²) in [6.45, 7) is 8.96. The fourth-order valence-electron chi connectivity index (χ4n) is 3.17. The highest BCUT2D eigenvalue weighted by molar-refractivity contribution is 5.52. The van der Waals surface area contributed by atoms with E-state index in [0.29, 0.717) is 12.0 Å². The predicted molar refractivity (Wildman–Crippen MR) is 87.5 cm³/mol. The first-order valence-corrected chi connectivity index (χ1v) is 8.19. The van der Waals surface area contributed by atoms with Crippen LogP contribution in [0.25, 0.3) is 11.4 Å². The van der Waals surface area contributed by atoms with Crippen molar-refractivity contribution in [3.05, 3.63) is 29.8 Å². The Morgan fingerprint density at radius 3 is 2.77 bits per heavy atom. The van der Waals surface area contributed by atoms with E-state index in [1.54, 1.807) is 0 Å². The molecule has 5 heteroatoms. The zero-order valence-electron chi connectivity index (χ0n) is 13.7. The second-order valence-electron chi connectivity index (χ2n) is 6.63. The van der Waals surface area contributed by atoms with Crippen LogP contribution in [0.5, 0.6) is 0 Å². The minimum Gasteiger partial charge on any atom is -0.301 e. The number of likely N-dealkylation sites (tertiary alicyclic amines) is 1. The van der Waals surface area contributed by atoms with Gasteiger partial charge in [-0.1, -0.05) is 0 Å². The molecule has 118 valence electrons. The molecule has 3 heterocycles. The molecule has 2 aromatic rings. The molecule has 3 rings (SSSR count). The van der Waals surface area contributed by atoms with Crippen LogP contribution in [-0.4, -0.2) is 44.2 Å². The molecule has 1 atom stereocenters. The van der Waals surface area contributed by atoms with Gasteiger partial charge in [0.25, 0.3) is 0 Å². The summed E-state index contributed by atoms with van der Waals surface area (Å²) in [6.07, 6.45) is 7.36. The number of nitrogens with one attached hydrogen (secondary N) is 1. The zero-order valence-corrected chi connectivity index (χ0v) is 13.7. The average Bonchev–Trinajstić information content (AvgIpc) is 2.95. The van der Waals surface area contributed by atoms with Gasteiger partial charge in [0, 0.05) is 24.5 Å². The Bertz CT molecular complexity index is 602. The van der Waals surface area contributed by atoms with Gasteiger partial charge in [0.15, 0.2) is 0 Å². The van der Waals surface area contributed by atoms with Crippen LogP contribution in [-0.2, 0) is 6.42 Å². The molecule has 1 saturated heterocycles. The molecule has 22 heavy (non-hydrogen) atoms. The molecule has 1 fully saturated rings. The summed E-state index contributed by atoms with van der Waals surface area (Å²) in [5.74, 6) is 0.698. The van der Waals surface area contributed by atoms with E-state index in [0.717, 1.165) is 29.2 Å². The summed E-state index contributed by atoms with van der Waals surface area (Å²) in [6, 6.07) is 2.63. The number of H-pyrrole nitrogens is 1. The van der Waals surface area contributed by atoms with Crippen LogP contribution in [0.15, 0.2) is 18.5 Å². The van der Waals surface area contributed by atoms with Gasteiger partial charge in [-0.2, -0.15) is 5.10 Å². The molecule has 0 spiro atoms. The average molecular weight is 299 g/mol. The molecule has 0 aliphatic carbocycles. The van der Waals surface area contributed by atoms with Crippen LogP contribution in [0, 0.1) is 12.8 Å². The van der Waals surface area contributed by atoms with Gasteiger partial charge in [-0.3, -0.25) is 15.1 Å². The van der Waals surface area contributed by atoms with Crippen molar-refractivity contribution in [2.24, 2.45) is 5.92 Å². The fraction of sp³-hybridized carbons (Fsp3) is 0.588. The third kappa shape index (κ3) is 3.53. The van der Waals surface area contributed by atoms with Crippen LogP contribution in [0.3, 0.4) is 0 Å². The van der Waals surface area contributed by atoms with Gasteiger partial charge in [0.2, 0.25) is 0 Å². The van der Waals surface area contributed by atoms with Crippen LogP contribution < -0.4 is 0 Å². The molecule has 0 aromatic carbocycles. The summed E-state index contributed by atoms with van der Waals surface area (Å²) in [7, 11) is 0. The van der Waals surface area contributed by atoms with Crippen molar-refractivity contribution in [3.63, 3.8) is 0 Å². The van der Waals surface area contributed by atoms with E-state index in [2.05, 4.69) is 38.9 Å². The first-order chi connectivity index (χ1) is 10.6. The highest BCUT2D eigenvalue weighted by Gasteiger charge is 2.22. The third-order valence-corrected chi connectivity index (χ3v) is 4.45. The lowest BCUT2D eigenvalue weighted by atomic mass is 9.93. The minimum atomic E-state index is 0.638. The topological polar surface area (TPSA) is 57.7 Å². The monoisotopic (exact) mass is 299 g/mol. The Balaban J connectivity index is 1.63. The van der Waals surface area contributed by atoms with Crippen molar-refractivity contribution < 1.29 is 0 Å². The second-order valence-corrected chi connectivity index (χ2v) is 6.63. The van der Waals surface area contributed by atoms with Crippen LogP contribution in [0.4, 0.5) is 0 Å². The maximum absolute atomic E-state index is 4.59. The Hall–Kier alpha value is -1.75. The number of piperidine rings is 1. The summed E-state index contributed by atoms with van der Waals surface area (Å²) < 4.78 is 0. The first-order valence-electron chi connectivity index (χ1n) is 8.19. The number of aromatic nitrogens is 4. The molecular formula is C17H25N5. The van der Waals surface area contributed by atoms with E-state index in [1.807, 2.05) is 25.4 Å². The Labute approximate surface area is 132 Å². The smallest absolute Gasteiger partial charge is 0.112 e. The van der Waals surface area contributed by atoms with Gasteiger partial charge in [-0.25, -0.2) is 0 Å². The first kappa shape index (κ1) is 15.2. The highest BCUT2D eigenvalue weighted by atomic mass is 15.2. The van der Waals surface area contributed by atoms with Crippen molar-refractivity contribution in [1.29, 1.82) is 0 Å². The van der Waals surface area contributed by atoms with Crippen molar-refractivity contribution >= 4 is 0 Å². The summed E-state index contributed by atoms with van der Waals surface area (Å²) in [5.41, 5.74) is 3.82. The zero-order chi connectivity index (χ0) is 15.5. The molecule has 1 aliphatic heterocycles. The lowest BCUT2D eigenvalue weighted by molar-refractivity contribution is 0.139. The van der Waals surface area contributed by atoms with E-state index in [4.69, 9.17) is 0 Å². The van der Waals surface area contributed by atoms with Crippen LogP contribution >= 0.6 is 0 Å². The minimum absolute atomic E-state index is 0.638. The standard InChI is InChI=1S/C17H25N5/c1-12(2)22-6-4-5-14(11-22)8-15-9-19-17(10-18-15)16-7-13(3)20-21-16/h7,9-10,12,14H,4-6,8,11H2,1-3H3,(H,20,21). The van der Waals surface area contributed by atoms with Crippen LogP contribution in [0.1, 0.15) is 38.1 Å². The molecule has 1 unspecified atom stereocenters. The molecule has 0 amide bonds. The third-order valence-electron chi connectivity index (χ3n) is 4.45.